The molecule has 314 valence electrons. The molecule has 9 aromatic rings. The van der Waals surface area contributed by atoms with E-state index in [0.29, 0.717) is 24.5 Å². The van der Waals surface area contributed by atoms with Gasteiger partial charge < -0.3 is 22.1 Å². The molecule has 9 rings (SSSR count). The van der Waals surface area contributed by atoms with Gasteiger partial charge in [0.25, 0.3) is 0 Å². The summed E-state index contributed by atoms with van der Waals surface area (Å²) >= 11 is 7.65. The van der Waals surface area contributed by atoms with Gasteiger partial charge in [-0.1, -0.05) is 96.5 Å². The van der Waals surface area contributed by atoms with E-state index in [1.54, 1.807) is 35.9 Å². The van der Waals surface area contributed by atoms with Gasteiger partial charge in [0, 0.05) is 81.8 Å². The number of halogens is 2. The van der Waals surface area contributed by atoms with E-state index < -0.39 is 5.82 Å². The van der Waals surface area contributed by atoms with Crippen LogP contribution in [-0.2, 0) is 12.8 Å². The molecule has 0 radical (unpaired) electrons. The zero-order valence-corrected chi connectivity index (χ0v) is 36.0. The predicted molar refractivity (Wildman–Crippen MR) is 259 cm³/mol. The molecule has 0 aliphatic rings. The largest absolute Gasteiger partial charge is 0.368 e. The van der Waals surface area contributed by atoms with Crippen molar-refractivity contribution in [3.8, 4) is 44.1 Å². The first kappa shape index (κ1) is 42.9. The average molecular weight is 870 g/mol. The summed E-state index contributed by atoms with van der Waals surface area (Å²) in [6.45, 7) is 1.23. The molecule has 0 aliphatic carbocycles. The molecule has 0 aliphatic heterocycles. The minimum Gasteiger partial charge on any atom is -0.368 e. The number of fused-ring (bicyclic) bond motifs is 1. The van der Waals surface area contributed by atoms with Crippen LogP contribution in [0.2, 0.25) is 5.02 Å². The molecule has 11 heteroatoms. The van der Waals surface area contributed by atoms with Crippen molar-refractivity contribution in [3.05, 3.63) is 204 Å². The van der Waals surface area contributed by atoms with Crippen LogP contribution in [0.15, 0.2) is 183 Å². The smallest absolute Gasteiger partial charge is 0.142 e. The van der Waals surface area contributed by atoms with Crippen LogP contribution < -0.4 is 22.1 Å². The summed E-state index contributed by atoms with van der Waals surface area (Å²) < 4.78 is 15.4. The zero-order chi connectivity index (χ0) is 43.4. The second kappa shape index (κ2) is 20.8. The summed E-state index contributed by atoms with van der Waals surface area (Å²) in [6.07, 6.45) is 8.62. The Bertz CT molecular complexity index is 2830. The topological polar surface area (TPSA) is 128 Å². The summed E-state index contributed by atoms with van der Waals surface area (Å²) in [5, 5.41) is 8.10. The van der Waals surface area contributed by atoms with Crippen LogP contribution in [0.1, 0.15) is 11.1 Å². The molecule has 0 fully saturated rings. The summed E-state index contributed by atoms with van der Waals surface area (Å²) in [6, 6.07) is 51.7. The molecule has 0 saturated carbocycles. The Morgan fingerprint density at radius 3 is 1.59 bits per heavy atom. The maximum absolute atomic E-state index is 14.1. The zero-order valence-electron chi connectivity index (χ0n) is 34.4. The van der Waals surface area contributed by atoms with Gasteiger partial charge in [-0.05, 0) is 108 Å². The van der Waals surface area contributed by atoms with Gasteiger partial charge in [-0.15, -0.1) is 11.3 Å². The molecule has 6 N–H and O–H groups in total. The number of anilines is 2. The predicted octanol–water partition coefficient (Wildman–Crippen LogP) is 11.6. The minimum atomic E-state index is -0.464. The Morgan fingerprint density at radius 1 is 0.540 bits per heavy atom. The highest BCUT2D eigenvalue weighted by atomic mass is 35.5. The van der Waals surface area contributed by atoms with Gasteiger partial charge in [0.15, 0.2) is 0 Å². The molecule has 5 aromatic heterocycles. The van der Waals surface area contributed by atoms with Crippen molar-refractivity contribution in [1.82, 2.24) is 19.9 Å². The fraction of sp³-hybridized carbons (Fsp3) is 0.115. The van der Waals surface area contributed by atoms with E-state index in [4.69, 9.17) is 33.0 Å². The van der Waals surface area contributed by atoms with Crippen LogP contribution in [-0.4, -0.2) is 45.1 Å². The third-order valence-electron chi connectivity index (χ3n) is 10.4. The Hall–Kier alpha value is -6.82. The molecular formula is C52H46ClFN8S. The highest BCUT2D eigenvalue weighted by Gasteiger charge is 2.16. The van der Waals surface area contributed by atoms with Gasteiger partial charge in [-0.25, -0.2) is 14.4 Å². The van der Waals surface area contributed by atoms with Crippen LogP contribution in [0, 0.1) is 5.82 Å². The normalized spacial score (nSPS) is 11.9. The van der Waals surface area contributed by atoms with Crippen molar-refractivity contribution in [2.24, 2.45) is 11.5 Å². The molecule has 2 atom stereocenters. The first-order valence-corrected chi connectivity index (χ1v) is 21.9. The SMILES string of the molecule is N[C@H](CNc1ccc(-c2cc3ccccc3s2)c(-c2ccncc2)n1)Cc1ccccc1.N[C@H](CNc1ccc(-c2ccc(Cl)c(F)c2)c(-c2ccncc2)n1)Cc1ccccc1. The molecule has 0 unspecified atom stereocenters. The van der Waals surface area contributed by atoms with Crippen molar-refractivity contribution in [1.29, 1.82) is 0 Å². The number of pyridine rings is 4. The Morgan fingerprint density at radius 2 is 1.05 bits per heavy atom. The molecule has 5 heterocycles. The van der Waals surface area contributed by atoms with E-state index in [0.717, 1.165) is 52.3 Å². The van der Waals surface area contributed by atoms with Gasteiger partial charge in [0.2, 0.25) is 0 Å². The Balaban J connectivity index is 0.000000173. The number of hydrogen-bond donors (Lipinski definition) is 4. The minimum absolute atomic E-state index is 0.00541. The van der Waals surface area contributed by atoms with Crippen LogP contribution >= 0.6 is 22.9 Å². The number of aromatic nitrogens is 4. The number of thiophene rings is 1. The van der Waals surface area contributed by atoms with Gasteiger partial charge in [0.1, 0.15) is 17.5 Å². The summed E-state index contributed by atoms with van der Waals surface area (Å²) in [4.78, 5) is 19.2. The van der Waals surface area contributed by atoms with Gasteiger partial charge in [-0.2, -0.15) is 0 Å². The molecule has 0 spiro atoms. The second-order valence-corrected chi connectivity index (χ2v) is 16.6. The maximum Gasteiger partial charge on any atom is 0.142 e. The molecule has 4 aromatic carbocycles. The summed E-state index contributed by atoms with van der Waals surface area (Å²) in [5.41, 5.74) is 21.3. The lowest BCUT2D eigenvalue weighted by atomic mass is 9.99. The van der Waals surface area contributed by atoms with Crippen LogP contribution in [0.4, 0.5) is 16.0 Å². The van der Waals surface area contributed by atoms with E-state index in [1.807, 2.05) is 91.3 Å². The fourth-order valence-corrected chi connectivity index (χ4v) is 8.44. The summed E-state index contributed by atoms with van der Waals surface area (Å²) in [5.74, 6) is 1.06. The lowest BCUT2D eigenvalue weighted by molar-refractivity contribution is 0.629. The van der Waals surface area contributed by atoms with E-state index >= 15 is 0 Å². The van der Waals surface area contributed by atoms with Gasteiger partial charge >= 0.3 is 0 Å². The fourth-order valence-electron chi connectivity index (χ4n) is 7.23. The molecule has 8 nitrogen and oxygen atoms in total. The molecular weight excluding hydrogens is 823 g/mol. The Labute approximate surface area is 375 Å². The van der Waals surface area contributed by atoms with Crippen molar-refractivity contribution >= 4 is 44.7 Å². The number of nitrogens with zero attached hydrogens (tertiary/aromatic N) is 4. The van der Waals surface area contributed by atoms with E-state index in [9.17, 15) is 4.39 Å². The van der Waals surface area contributed by atoms with Crippen molar-refractivity contribution < 1.29 is 4.39 Å². The van der Waals surface area contributed by atoms with E-state index in [2.05, 4.69) is 81.3 Å². The standard InChI is InChI=1S/C27H24N4S.C25H22ClFN4/c28-22(16-19-6-2-1-3-7-19)18-30-26-11-10-23(27(31-26)20-12-14-29-15-13-20)25-17-21-8-4-5-9-24(21)32-25;26-22-8-6-19(15-23(22)27)21-7-9-24(31-25(21)18-10-12-29-13-11-18)30-16-20(28)14-17-4-2-1-3-5-17/h1-15,17,22H,16,18,28H2,(H,30,31);1-13,15,20H,14,16,28H2,(H,30,31)/t22-;20-/m00/s1. The van der Waals surface area contributed by atoms with Crippen molar-refractivity contribution in [2.75, 3.05) is 23.7 Å². The highest BCUT2D eigenvalue weighted by molar-refractivity contribution is 7.22. The number of nitrogens with two attached hydrogens (primary N) is 2. The molecule has 0 bridgehead atoms. The first-order valence-electron chi connectivity index (χ1n) is 20.7. The quantitative estimate of drug-likeness (QED) is 0.0851. The number of benzene rings is 4. The molecule has 0 amide bonds. The lowest BCUT2D eigenvalue weighted by Gasteiger charge is -2.16. The van der Waals surface area contributed by atoms with Gasteiger partial charge in [-0.3, -0.25) is 9.97 Å². The van der Waals surface area contributed by atoms with Crippen LogP contribution in [0.3, 0.4) is 0 Å². The maximum atomic E-state index is 14.1. The van der Waals surface area contributed by atoms with Gasteiger partial charge in [0.05, 0.1) is 16.4 Å². The third-order valence-corrected chi connectivity index (χ3v) is 11.8. The monoisotopic (exact) mass is 868 g/mol. The Kier molecular flexibility index (Phi) is 14.2. The summed E-state index contributed by atoms with van der Waals surface area (Å²) in [7, 11) is 0. The van der Waals surface area contributed by atoms with Crippen LogP contribution in [0.25, 0.3) is 54.2 Å². The van der Waals surface area contributed by atoms with Crippen LogP contribution in [0.5, 0.6) is 0 Å². The lowest BCUT2D eigenvalue weighted by Crippen LogP contribution is -2.31. The van der Waals surface area contributed by atoms with E-state index in [1.165, 1.54) is 32.2 Å². The molecule has 0 saturated heterocycles. The molecule has 63 heavy (non-hydrogen) atoms. The number of hydrogen-bond acceptors (Lipinski definition) is 9. The average Bonchev–Trinajstić information content (AvgIpc) is 3.77. The highest BCUT2D eigenvalue weighted by Crippen LogP contribution is 2.39. The third kappa shape index (κ3) is 11.4. The first-order chi connectivity index (χ1) is 30.9. The number of rotatable bonds is 14. The van der Waals surface area contributed by atoms with E-state index in [-0.39, 0.29) is 17.1 Å². The second-order valence-electron chi connectivity index (χ2n) is 15.1. The number of nitrogens with one attached hydrogen (secondary N) is 2. The van der Waals surface area contributed by atoms with Crippen molar-refractivity contribution in [3.63, 3.8) is 0 Å². The van der Waals surface area contributed by atoms with Crippen molar-refractivity contribution in [2.45, 2.75) is 24.9 Å².